The largest absolute Gasteiger partial charge is 0.433 e. The third kappa shape index (κ3) is 3.30. The van der Waals surface area contributed by atoms with Crippen molar-refractivity contribution in [2.24, 2.45) is 0 Å². The van der Waals surface area contributed by atoms with Crippen molar-refractivity contribution < 1.29 is 21.6 Å². The number of hydrogen-bond donors (Lipinski definition) is 2. The maximum Gasteiger partial charge on any atom is 0.433 e. The number of nitrogens with zero attached hydrogens (tertiary/aromatic N) is 2. The second-order valence-electron chi connectivity index (χ2n) is 5.02. The van der Waals surface area contributed by atoms with Gasteiger partial charge in [0, 0.05) is 6.07 Å². The first kappa shape index (κ1) is 14.8. The summed E-state index contributed by atoms with van der Waals surface area (Å²) in [6, 6.07) is 0.715. The van der Waals surface area contributed by atoms with Gasteiger partial charge in [-0.25, -0.2) is 13.4 Å². The summed E-state index contributed by atoms with van der Waals surface area (Å²) in [6.07, 6.45) is -4.35. The molecule has 2 rings (SSSR count). The van der Waals surface area contributed by atoms with Crippen molar-refractivity contribution in [3.63, 3.8) is 0 Å². The van der Waals surface area contributed by atoms with Gasteiger partial charge in [0.1, 0.15) is 5.82 Å². The number of hydrogen-bond acceptors (Lipinski definition) is 6. The van der Waals surface area contributed by atoms with Gasteiger partial charge in [0.25, 0.3) is 0 Å². The van der Waals surface area contributed by atoms with Crippen LogP contribution in [0.25, 0.3) is 0 Å². The molecule has 1 atom stereocenters. The van der Waals surface area contributed by atoms with Crippen LogP contribution in [0.15, 0.2) is 6.07 Å². The minimum atomic E-state index is -4.64. The molecule has 20 heavy (non-hydrogen) atoms. The summed E-state index contributed by atoms with van der Waals surface area (Å²) in [5.41, 5.74) is 3.22. The Morgan fingerprint density at radius 3 is 2.55 bits per heavy atom. The average molecular weight is 310 g/mol. The fourth-order valence-electron chi connectivity index (χ4n) is 2.09. The third-order valence-corrected chi connectivity index (χ3v) is 4.87. The van der Waals surface area contributed by atoms with E-state index < -0.39 is 33.2 Å². The van der Waals surface area contributed by atoms with Gasteiger partial charge >= 0.3 is 6.18 Å². The fraction of sp³-hybridized carbons (Fsp3) is 0.600. The molecule has 1 fully saturated rings. The molecule has 1 aromatic heterocycles. The van der Waals surface area contributed by atoms with E-state index >= 15 is 0 Å². The quantitative estimate of drug-likeness (QED) is 0.848. The van der Waals surface area contributed by atoms with E-state index in [2.05, 4.69) is 15.3 Å². The maximum atomic E-state index is 12.6. The van der Waals surface area contributed by atoms with Crippen LogP contribution in [0.5, 0.6) is 0 Å². The zero-order valence-electron chi connectivity index (χ0n) is 10.5. The zero-order valence-corrected chi connectivity index (χ0v) is 11.3. The van der Waals surface area contributed by atoms with Crippen molar-refractivity contribution in [2.75, 3.05) is 22.6 Å². The molecule has 1 saturated heterocycles. The van der Waals surface area contributed by atoms with E-state index in [1.807, 2.05) is 0 Å². The van der Waals surface area contributed by atoms with Crippen LogP contribution in [-0.2, 0) is 16.0 Å². The minimum absolute atomic E-state index is 0.0107. The molecule has 0 radical (unpaired) electrons. The molecule has 1 aliphatic rings. The Morgan fingerprint density at radius 1 is 1.40 bits per heavy atom. The van der Waals surface area contributed by atoms with Gasteiger partial charge in [0.15, 0.2) is 15.5 Å². The first-order valence-corrected chi connectivity index (χ1v) is 7.52. The molecule has 112 valence electrons. The molecule has 0 bridgehead atoms. The molecule has 0 spiro atoms. The molecular formula is C10H13F3N4O2S. The lowest BCUT2D eigenvalue weighted by Gasteiger charge is -2.25. The van der Waals surface area contributed by atoms with E-state index in [0.717, 1.165) is 0 Å². The average Bonchev–Trinajstić information content (AvgIpc) is 2.50. The zero-order chi connectivity index (χ0) is 15.2. The van der Waals surface area contributed by atoms with Crippen molar-refractivity contribution in [3.05, 3.63) is 11.8 Å². The predicted molar refractivity (Wildman–Crippen MR) is 66.7 cm³/mol. The van der Waals surface area contributed by atoms with Crippen molar-refractivity contribution in [3.8, 4) is 0 Å². The molecule has 1 aliphatic heterocycles. The van der Waals surface area contributed by atoms with E-state index in [-0.39, 0.29) is 17.3 Å². The van der Waals surface area contributed by atoms with E-state index in [9.17, 15) is 21.6 Å². The number of sulfone groups is 1. The second-order valence-corrected chi connectivity index (χ2v) is 7.21. The van der Waals surface area contributed by atoms with Crippen LogP contribution in [0.4, 0.5) is 24.9 Å². The number of nitrogens with two attached hydrogens (primary N) is 1. The molecule has 0 aliphatic carbocycles. The Morgan fingerprint density at radius 2 is 2.05 bits per heavy atom. The predicted octanol–water partition coefficient (Wildman–Crippen LogP) is 1.07. The number of halogens is 3. The van der Waals surface area contributed by atoms with Crippen LogP contribution < -0.4 is 11.1 Å². The van der Waals surface area contributed by atoms with Gasteiger partial charge in [-0.15, -0.1) is 0 Å². The summed E-state index contributed by atoms with van der Waals surface area (Å²) >= 11 is 0. The van der Waals surface area contributed by atoms with Gasteiger partial charge in [0.2, 0.25) is 5.95 Å². The highest BCUT2D eigenvalue weighted by atomic mass is 32.2. The number of aromatic nitrogens is 2. The van der Waals surface area contributed by atoms with Gasteiger partial charge in [-0.05, 0) is 13.3 Å². The lowest BCUT2D eigenvalue weighted by molar-refractivity contribution is -0.141. The van der Waals surface area contributed by atoms with Crippen LogP contribution in [0.2, 0.25) is 0 Å². The van der Waals surface area contributed by atoms with Gasteiger partial charge in [-0.2, -0.15) is 18.2 Å². The Hall–Kier alpha value is -1.58. The number of nitrogens with one attached hydrogen (secondary N) is 1. The first-order valence-electron chi connectivity index (χ1n) is 5.70. The van der Waals surface area contributed by atoms with Gasteiger partial charge < -0.3 is 11.1 Å². The van der Waals surface area contributed by atoms with Crippen molar-refractivity contribution in [2.45, 2.75) is 25.1 Å². The summed E-state index contributed by atoms with van der Waals surface area (Å²) in [5, 5.41) is 2.72. The highest BCUT2D eigenvalue weighted by Gasteiger charge is 2.39. The lowest BCUT2D eigenvalue weighted by atomic mass is 10.0. The fourth-order valence-corrected chi connectivity index (χ4v) is 4.19. The van der Waals surface area contributed by atoms with Crippen molar-refractivity contribution in [1.82, 2.24) is 9.97 Å². The summed E-state index contributed by atoms with van der Waals surface area (Å²) in [5.74, 6) is -0.828. The Labute approximate surface area is 113 Å². The Balaban J connectivity index is 2.29. The van der Waals surface area contributed by atoms with E-state index in [1.165, 1.54) is 0 Å². The highest BCUT2D eigenvalue weighted by Crippen LogP contribution is 2.31. The minimum Gasteiger partial charge on any atom is -0.368 e. The van der Waals surface area contributed by atoms with Crippen molar-refractivity contribution in [1.29, 1.82) is 0 Å². The smallest absolute Gasteiger partial charge is 0.368 e. The first-order chi connectivity index (χ1) is 8.99. The summed E-state index contributed by atoms with van der Waals surface area (Å²) in [7, 11) is -3.18. The van der Waals surface area contributed by atoms with Crippen LogP contribution in [0, 0.1) is 0 Å². The van der Waals surface area contributed by atoms with Crippen molar-refractivity contribution >= 4 is 21.6 Å². The number of rotatable bonds is 2. The second kappa shape index (κ2) is 4.47. The Bertz CT molecular complexity index is 632. The monoisotopic (exact) mass is 310 g/mol. The molecule has 2 heterocycles. The van der Waals surface area contributed by atoms with Gasteiger partial charge in [-0.1, -0.05) is 0 Å². The Kier molecular flexibility index (Phi) is 3.31. The third-order valence-electron chi connectivity index (χ3n) is 2.97. The van der Waals surface area contributed by atoms with Crippen LogP contribution in [0.1, 0.15) is 19.0 Å². The molecule has 10 heteroatoms. The normalized spacial score (nSPS) is 25.6. The molecule has 3 N–H and O–H groups in total. The molecule has 0 aromatic carbocycles. The number of alkyl halides is 3. The van der Waals surface area contributed by atoms with E-state index in [0.29, 0.717) is 12.5 Å². The topological polar surface area (TPSA) is 98.0 Å². The summed E-state index contributed by atoms with van der Waals surface area (Å²) in [6.45, 7) is 1.61. The molecular weight excluding hydrogens is 297 g/mol. The van der Waals surface area contributed by atoms with Gasteiger partial charge in [0.05, 0.1) is 17.0 Å². The van der Waals surface area contributed by atoms with E-state index in [4.69, 9.17) is 5.73 Å². The lowest BCUT2D eigenvalue weighted by Crippen LogP contribution is -2.36. The van der Waals surface area contributed by atoms with E-state index in [1.54, 1.807) is 6.92 Å². The standard InChI is InChI=1S/C10H13F3N4O2S/c1-9(2-3-20(18,19)5-9)17-7-4-6(10(11,12)13)15-8(14)16-7/h4H,2-3,5H2,1H3,(H3,14,15,16,17). The van der Waals surface area contributed by atoms with Crippen LogP contribution in [0.3, 0.4) is 0 Å². The summed E-state index contributed by atoms with van der Waals surface area (Å²) in [4.78, 5) is 6.78. The molecule has 1 unspecified atom stereocenters. The maximum absolute atomic E-state index is 12.6. The van der Waals surface area contributed by atoms with Gasteiger partial charge in [-0.3, -0.25) is 0 Å². The SMILES string of the molecule is CC1(Nc2cc(C(F)(F)F)nc(N)n2)CCS(=O)(=O)C1. The molecule has 6 nitrogen and oxygen atoms in total. The summed E-state index contributed by atoms with van der Waals surface area (Å²) < 4.78 is 60.7. The molecule has 0 saturated carbocycles. The molecule has 1 aromatic rings. The van der Waals surface area contributed by atoms with Crippen LogP contribution in [-0.4, -0.2) is 35.4 Å². The number of nitrogen functional groups attached to an aromatic ring is 1. The van der Waals surface area contributed by atoms with Crippen LogP contribution >= 0.6 is 0 Å². The number of anilines is 2. The molecule has 0 amide bonds. The highest BCUT2D eigenvalue weighted by molar-refractivity contribution is 7.91.